The van der Waals surface area contributed by atoms with Crippen LogP contribution >= 0.6 is 24.0 Å². The summed E-state index contributed by atoms with van der Waals surface area (Å²) in [4.78, 5) is 11.8. The van der Waals surface area contributed by atoms with Gasteiger partial charge < -0.3 is 15.7 Å². The van der Waals surface area contributed by atoms with E-state index in [1.54, 1.807) is 12.1 Å². The van der Waals surface area contributed by atoms with Crippen molar-refractivity contribution >= 4 is 39.9 Å². The van der Waals surface area contributed by atoms with Gasteiger partial charge in [0.2, 0.25) is 15.9 Å². The molecule has 10 heteroatoms. The minimum Gasteiger partial charge on any atom is -0.392 e. The molecule has 1 amide bonds. The SMILES string of the molecule is Cl.O=C(NCCNS(=O)(=O)c1cccc(Cl)c1)C1CC(O)CN1. The summed E-state index contributed by atoms with van der Waals surface area (Å²) >= 11 is 5.76. The highest BCUT2D eigenvalue weighted by Gasteiger charge is 2.27. The lowest BCUT2D eigenvalue weighted by Crippen LogP contribution is -2.43. The van der Waals surface area contributed by atoms with Crippen LogP contribution in [0.2, 0.25) is 5.02 Å². The van der Waals surface area contributed by atoms with Crippen LogP contribution in [0.3, 0.4) is 0 Å². The van der Waals surface area contributed by atoms with Gasteiger partial charge in [-0.3, -0.25) is 4.79 Å². The fourth-order valence-corrected chi connectivity index (χ4v) is 3.46. The number of nitrogens with one attached hydrogen (secondary N) is 3. The second-order valence-electron chi connectivity index (χ2n) is 5.00. The molecule has 4 N–H and O–H groups in total. The van der Waals surface area contributed by atoms with Crippen LogP contribution in [0.5, 0.6) is 0 Å². The van der Waals surface area contributed by atoms with Crippen LogP contribution in [0.25, 0.3) is 0 Å². The van der Waals surface area contributed by atoms with Crippen molar-refractivity contribution in [3.8, 4) is 0 Å². The first kappa shape index (κ1) is 20.1. The van der Waals surface area contributed by atoms with Crippen LogP contribution in [0, 0.1) is 0 Å². The smallest absolute Gasteiger partial charge is 0.240 e. The Kier molecular flexibility index (Phi) is 7.72. The van der Waals surface area contributed by atoms with Crippen molar-refractivity contribution in [3.05, 3.63) is 29.3 Å². The molecule has 0 spiro atoms. The summed E-state index contributed by atoms with van der Waals surface area (Å²) in [6.07, 6.45) is -0.155. The molecule has 130 valence electrons. The second-order valence-corrected chi connectivity index (χ2v) is 7.20. The molecule has 1 heterocycles. The maximum Gasteiger partial charge on any atom is 0.240 e. The Hall–Kier alpha value is -0.900. The first-order chi connectivity index (χ1) is 10.4. The summed E-state index contributed by atoms with van der Waals surface area (Å²) < 4.78 is 26.4. The van der Waals surface area contributed by atoms with E-state index in [1.807, 2.05) is 0 Å². The van der Waals surface area contributed by atoms with Crippen molar-refractivity contribution in [2.75, 3.05) is 19.6 Å². The number of rotatable bonds is 6. The highest BCUT2D eigenvalue weighted by molar-refractivity contribution is 7.89. The Morgan fingerprint density at radius 2 is 2.13 bits per heavy atom. The summed E-state index contributed by atoms with van der Waals surface area (Å²) in [7, 11) is -3.65. The number of hydrogen-bond acceptors (Lipinski definition) is 5. The van der Waals surface area contributed by atoms with Crippen LogP contribution < -0.4 is 15.4 Å². The van der Waals surface area contributed by atoms with E-state index in [1.165, 1.54) is 12.1 Å². The Bertz CT molecular complexity index is 642. The Labute approximate surface area is 146 Å². The van der Waals surface area contributed by atoms with E-state index in [-0.39, 0.29) is 36.3 Å². The standard InChI is InChI=1S/C13H18ClN3O4S.ClH/c14-9-2-1-3-11(6-9)22(20,21)17-5-4-15-13(19)12-7-10(18)8-16-12;/h1-3,6,10,12,16-18H,4-5,7-8H2,(H,15,19);1H. The van der Waals surface area contributed by atoms with Gasteiger partial charge in [0.05, 0.1) is 17.0 Å². The molecular formula is C13H19Cl2N3O4S. The van der Waals surface area contributed by atoms with Gasteiger partial charge in [-0.05, 0) is 24.6 Å². The molecule has 0 bridgehead atoms. The molecule has 2 atom stereocenters. The number of aliphatic hydroxyl groups is 1. The van der Waals surface area contributed by atoms with Gasteiger partial charge in [-0.1, -0.05) is 17.7 Å². The third kappa shape index (κ3) is 5.91. The topological polar surface area (TPSA) is 108 Å². The molecule has 7 nitrogen and oxygen atoms in total. The zero-order chi connectivity index (χ0) is 16.2. The monoisotopic (exact) mass is 383 g/mol. The van der Waals surface area contributed by atoms with Crippen LogP contribution in [0.15, 0.2) is 29.2 Å². The number of β-amino-alcohol motifs (C(OH)–C–C–N with tert-alkyl or cyclic N) is 1. The molecule has 1 saturated heterocycles. The van der Waals surface area contributed by atoms with Gasteiger partial charge in [-0.2, -0.15) is 0 Å². The predicted octanol–water partition coefficient (Wildman–Crippen LogP) is -0.121. The van der Waals surface area contributed by atoms with Gasteiger partial charge in [0.25, 0.3) is 0 Å². The van der Waals surface area contributed by atoms with E-state index in [0.29, 0.717) is 18.0 Å². The van der Waals surface area contributed by atoms with Crippen LogP contribution in [0.4, 0.5) is 0 Å². The molecule has 1 aromatic carbocycles. The summed E-state index contributed by atoms with van der Waals surface area (Å²) in [6, 6.07) is 5.50. The zero-order valence-electron chi connectivity index (χ0n) is 12.2. The number of aliphatic hydroxyl groups excluding tert-OH is 1. The maximum absolute atomic E-state index is 12.0. The van der Waals surface area contributed by atoms with Crippen molar-refractivity contribution in [1.82, 2.24) is 15.4 Å². The first-order valence-corrected chi connectivity index (χ1v) is 8.69. The van der Waals surface area contributed by atoms with E-state index in [0.717, 1.165) is 0 Å². The number of hydrogen-bond donors (Lipinski definition) is 4. The molecule has 0 aliphatic carbocycles. The summed E-state index contributed by atoms with van der Waals surface area (Å²) in [6.45, 7) is 0.613. The second kappa shape index (κ2) is 8.81. The molecule has 2 rings (SSSR count). The molecule has 23 heavy (non-hydrogen) atoms. The number of amides is 1. The largest absolute Gasteiger partial charge is 0.392 e. The van der Waals surface area contributed by atoms with Crippen LogP contribution in [0.1, 0.15) is 6.42 Å². The van der Waals surface area contributed by atoms with Crippen molar-refractivity contribution in [3.63, 3.8) is 0 Å². The van der Waals surface area contributed by atoms with Gasteiger partial charge >= 0.3 is 0 Å². The molecule has 2 unspecified atom stereocenters. The first-order valence-electron chi connectivity index (χ1n) is 6.83. The highest BCUT2D eigenvalue weighted by atomic mass is 35.5. The average Bonchev–Trinajstić information content (AvgIpc) is 2.90. The van der Waals surface area contributed by atoms with Gasteiger partial charge in [0.1, 0.15) is 0 Å². The highest BCUT2D eigenvalue weighted by Crippen LogP contribution is 2.14. The number of benzene rings is 1. The van der Waals surface area contributed by atoms with Gasteiger partial charge in [0, 0.05) is 24.7 Å². The Morgan fingerprint density at radius 3 is 2.74 bits per heavy atom. The number of carbonyl (C=O) groups is 1. The number of carbonyl (C=O) groups excluding carboxylic acids is 1. The Morgan fingerprint density at radius 1 is 1.39 bits per heavy atom. The zero-order valence-corrected chi connectivity index (χ0v) is 14.5. The van der Waals surface area contributed by atoms with Crippen molar-refractivity contribution in [2.24, 2.45) is 0 Å². The fraction of sp³-hybridized carbons (Fsp3) is 0.462. The molecule has 0 aromatic heterocycles. The summed E-state index contributed by atoms with van der Waals surface area (Å²) in [5, 5.41) is 15.2. The molecule has 1 fully saturated rings. The third-order valence-corrected chi connectivity index (χ3v) is 4.94. The lowest BCUT2D eigenvalue weighted by atomic mass is 10.2. The molecule has 1 aliphatic heterocycles. The molecule has 0 saturated carbocycles. The summed E-state index contributed by atoms with van der Waals surface area (Å²) in [5.41, 5.74) is 0. The molecule has 1 aliphatic rings. The third-order valence-electron chi connectivity index (χ3n) is 3.25. The van der Waals surface area contributed by atoms with Crippen molar-refractivity contribution < 1.29 is 18.3 Å². The van der Waals surface area contributed by atoms with Gasteiger partial charge in [-0.25, -0.2) is 13.1 Å². The van der Waals surface area contributed by atoms with Gasteiger partial charge in [-0.15, -0.1) is 12.4 Å². The predicted molar refractivity (Wildman–Crippen MR) is 89.3 cm³/mol. The van der Waals surface area contributed by atoms with E-state index in [2.05, 4.69) is 15.4 Å². The summed E-state index contributed by atoms with van der Waals surface area (Å²) in [5.74, 6) is -0.251. The lowest BCUT2D eigenvalue weighted by molar-refractivity contribution is -0.122. The molecule has 0 radical (unpaired) electrons. The Balaban J connectivity index is 0.00000264. The average molecular weight is 384 g/mol. The quantitative estimate of drug-likeness (QED) is 0.512. The lowest BCUT2D eigenvalue weighted by Gasteiger charge is -2.11. The number of sulfonamides is 1. The maximum atomic E-state index is 12.0. The normalized spacial score (nSPS) is 20.8. The van der Waals surface area contributed by atoms with Gasteiger partial charge in [0.15, 0.2) is 0 Å². The molecular weight excluding hydrogens is 365 g/mol. The minimum atomic E-state index is -3.65. The van der Waals surface area contributed by atoms with E-state index < -0.39 is 22.2 Å². The van der Waals surface area contributed by atoms with Crippen molar-refractivity contribution in [2.45, 2.75) is 23.5 Å². The van der Waals surface area contributed by atoms with E-state index in [9.17, 15) is 18.3 Å². The minimum absolute atomic E-state index is 0. The van der Waals surface area contributed by atoms with Crippen molar-refractivity contribution in [1.29, 1.82) is 0 Å². The number of halogens is 2. The van der Waals surface area contributed by atoms with Crippen LogP contribution in [-0.2, 0) is 14.8 Å². The van der Waals surface area contributed by atoms with E-state index >= 15 is 0 Å². The van der Waals surface area contributed by atoms with Crippen LogP contribution in [-0.4, -0.2) is 51.2 Å². The fourth-order valence-electron chi connectivity index (χ4n) is 2.13. The van der Waals surface area contributed by atoms with E-state index in [4.69, 9.17) is 11.6 Å². The molecule has 1 aromatic rings.